The van der Waals surface area contributed by atoms with Crippen LogP contribution in [0.1, 0.15) is 149 Å². The Bertz CT molecular complexity index is 1170. The van der Waals surface area contributed by atoms with Gasteiger partial charge in [-0.25, -0.2) is 4.57 Å². The number of phosphoric ester groups is 1. The zero-order valence-corrected chi connectivity index (χ0v) is 35.8. The number of unbranched alkanes of at least 4 members (excludes halogenated alkanes) is 13. The molecule has 6 unspecified atom stereocenters. The second-order valence-electron chi connectivity index (χ2n) is 14.8. The number of aliphatic hydroxyl groups excluding tert-OH is 5. The first kappa shape index (κ1) is 53.1. The van der Waals surface area contributed by atoms with E-state index in [0.717, 1.165) is 89.9 Å². The minimum Gasteiger partial charge on any atom is -0.457 e. The number of esters is 1. The molecule has 0 aliphatic heterocycles. The smallest absolute Gasteiger partial charge is 0.457 e. The van der Waals surface area contributed by atoms with Crippen molar-refractivity contribution in [2.75, 3.05) is 19.8 Å². The molecule has 0 aromatic carbocycles. The number of allylic oxidation sites excluding steroid dienone is 10. The van der Waals surface area contributed by atoms with Crippen molar-refractivity contribution in [3.63, 3.8) is 0 Å². The Hall–Kier alpha value is -1.96. The number of hydrogen-bond donors (Lipinski definition) is 6. The summed E-state index contributed by atoms with van der Waals surface area (Å²) in [5.41, 5.74) is 0. The van der Waals surface area contributed by atoms with Crippen LogP contribution in [0.3, 0.4) is 0 Å². The normalized spacial score (nSPS) is 23.4. The Kier molecular flexibility index (Phi) is 32.4. The first-order chi connectivity index (χ1) is 27.5. The van der Waals surface area contributed by atoms with Gasteiger partial charge in [0.25, 0.3) is 0 Å². The predicted octanol–water partition coefficient (Wildman–Crippen LogP) is 8.25. The molecule has 1 aliphatic rings. The van der Waals surface area contributed by atoms with Crippen molar-refractivity contribution in [2.24, 2.45) is 0 Å². The summed E-state index contributed by atoms with van der Waals surface area (Å²) < 4.78 is 34.1. The standard InChI is InChI=1S/C44H77O12P/c1-3-5-7-9-11-13-15-17-19-20-22-24-26-28-30-32-34-53-35-37(36-54-57(51,52)56-44-42(49)40(47)39(46)41(48)43(44)50)55-38(45)33-31-29-27-25-23-21-18-16-14-12-10-8-6-4-2/h5,7,11,13,16-19,22,24,37,39-44,46-50H,3-4,6,8-10,12,14-15,20-21,23,25-36H2,1-2H3,(H,51,52)/b7-5-,13-11-,18-16-,19-17-,24-22-. The molecule has 1 fully saturated rings. The third kappa shape index (κ3) is 27.4. The lowest BCUT2D eigenvalue weighted by Gasteiger charge is -2.41. The molecule has 57 heavy (non-hydrogen) atoms. The molecule has 0 amide bonds. The molecular formula is C44H77O12P. The van der Waals surface area contributed by atoms with E-state index in [9.17, 15) is 39.8 Å². The zero-order chi connectivity index (χ0) is 42.0. The minimum absolute atomic E-state index is 0.104. The molecule has 0 bridgehead atoms. The summed E-state index contributed by atoms with van der Waals surface area (Å²) in [6.45, 7) is 4.03. The second kappa shape index (κ2) is 34.9. The fraction of sp³-hybridized carbons (Fsp3) is 0.750. The van der Waals surface area contributed by atoms with Gasteiger partial charge in [-0.2, -0.15) is 0 Å². The van der Waals surface area contributed by atoms with Gasteiger partial charge in [0.15, 0.2) is 0 Å². The number of hydrogen-bond acceptors (Lipinski definition) is 11. The van der Waals surface area contributed by atoms with Crippen molar-refractivity contribution in [1.29, 1.82) is 0 Å². The quantitative estimate of drug-likeness (QED) is 0.0155. The maximum Gasteiger partial charge on any atom is 0.472 e. The van der Waals surface area contributed by atoms with Gasteiger partial charge in [0.2, 0.25) is 0 Å². The third-order valence-electron chi connectivity index (χ3n) is 9.62. The number of aliphatic hydroxyl groups is 5. The highest BCUT2D eigenvalue weighted by atomic mass is 31.2. The molecule has 6 atom stereocenters. The van der Waals surface area contributed by atoms with Gasteiger partial charge in [0.05, 0.1) is 13.2 Å². The molecule has 13 heteroatoms. The molecule has 0 aromatic rings. The highest BCUT2D eigenvalue weighted by Gasteiger charge is 2.51. The maximum absolute atomic E-state index is 12.8. The monoisotopic (exact) mass is 829 g/mol. The number of carbonyl (C=O) groups excluding carboxylic acids is 1. The molecule has 6 N–H and O–H groups in total. The van der Waals surface area contributed by atoms with Crippen molar-refractivity contribution in [2.45, 2.75) is 191 Å². The fourth-order valence-corrected chi connectivity index (χ4v) is 7.14. The van der Waals surface area contributed by atoms with Crippen molar-refractivity contribution in [3.05, 3.63) is 60.8 Å². The number of phosphoric acid groups is 1. The summed E-state index contributed by atoms with van der Waals surface area (Å²) in [7, 11) is -5.03. The van der Waals surface area contributed by atoms with Gasteiger partial charge in [-0.1, -0.05) is 126 Å². The SMILES string of the molecule is CC/C=C\C/C=C\C/C=C\C/C=C\CCCCCOCC(COP(=O)(O)OC1C(O)C(O)C(O)C(O)C1O)OC(=O)CCCCCCC/C=C\CCCCCCC. The van der Waals surface area contributed by atoms with Crippen molar-refractivity contribution in [1.82, 2.24) is 0 Å². The summed E-state index contributed by atoms with van der Waals surface area (Å²) in [6.07, 6.45) is 30.1. The van der Waals surface area contributed by atoms with E-state index >= 15 is 0 Å². The van der Waals surface area contributed by atoms with Gasteiger partial charge >= 0.3 is 13.8 Å². The van der Waals surface area contributed by atoms with Crippen LogP contribution in [-0.4, -0.2) is 98.9 Å². The van der Waals surface area contributed by atoms with E-state index < -0.39 is 63.1 Å². The van der Waals surface area contributed by atoms with Crippen molar-refractivity contribution >= 4 is 13.8 Å². The summed E-state index contributed by atoms with van der Waals surface area (Å²) >= 11 is 0. The van der Waals surface area contributed by atoms with E-state index in [2.05, 4.69) is 74.6 Å². The molecule has 0 radical (unpaired) electrons. The Labute approximate surface area is 343 Å². The lowest BCUT2D eigenvalue weighted by molar-refractivity contribution is -0.220. The lowest BCUT2D eigenvalue weighted by atomic mass is 9.85. The Morgan fingerprint density at radius 3 is 1.60 bits per heavy atom. The number of rotatable bonds is 35. The Morgan fingerprint density at radius 1 is 0.579 bits per heavy atom. The van der Waals surface area contributed by atoms with Crippen LogP contribution in [0.4, 0.5) is 0 Å². The predicted molar refractivity (Wildman–Crippen MR) is 225 cm³/mol. The summed E-state index contributed by atoms with van der Waals surface area (Å²) in [5.74, 6) is -0.501. The van der Waals surface area contributed by atoms with Crippen LogP contribution in [0.2, 0.25) is 0 Å². The van der Waals surface area contributed by atoms with Crippen LogP contribution in [0, 0.1) is 0 Å². The highest BCUT2D eigenvalue weighted by molar-refractivity contribution is 7.47. The van der Waals surface area contributed by atoms with Crippen LogP contribution < -0.4 is 0 Å². The van der Waals surface area contributed by atoms with E-state index in [-0.39, 0.29) is 13.0 Å². The molecular weight excluding hydrogens is 751 g/mol. The molecule has 0 spiro atoms. The molecule has 12 nitrogen and oxygen atoms in total. The van der Waals surface area contributed by atoms with E-state index in [0.29, 0.717) is 13.0 Å². The maximum atomic E-state index is 12.8. The minimum atomic E-state index is -5.03. The zero-order valence-electron chi connectivity index (χ0n) is 34.9. The first-order valence-corrected chi connectivity index (χ1v) is 23.1. The third-order valence-corrected chi connectivity index (χ3v) is 10.6. The van der Waals surface area contributed by atoms with E-state index in [1.807, 2.05) is 0 Å². The molecule has 0 heterocycles. The molecule has 1 aliphatic carbocycles. The van der Waals surface area contributed by atoms with E-state index in [4.69, 9.17) is 18.5 Å². The van der Waals surface area contributed by atoms with Gasteiger partial charge < -0.3 is 39.9 Å². The summed E-state index contributed by atoms with van der Waals surface area (Å²) in [5, 5.41) is 50.1. The first-order valence-electron chi connectivity index (χ1n) is 21.6. The fourth-order valence-electron chi connectivity index (χ4n) is 6.16. The summed E-state index contributed by atoms with van der Waals surface area (Å²) in [6, 6.07) is 0. The average molecular weight is 829 g/mol. The van der Waals surface area contributed by atoms with Gasteiger partial charge in [0, 0.05) is 13.0 Å². The molecule has 0 saturated heterocycles. The van der Waals surface area contributed by atoms with Gasteiger partial charge in [-0.3, -0.25) is 13.8 Å². The Balaban J connectivity index is 2.47. The van der Waals surface area contributed by atoms with Gasteiger partial charge in [0.1, 0.15) is 42.7 Å². The Morgan fingerprint density at radius 2 is 1.04 bits per heavy atom. The molecule has 1 rings (SSSR count). The van der Waals surface area contributed by atoms with Crippen LogP contribution >= 0.6 is 7.82 Å². The second-order valence-corrected chi connectivity index (χ2v) is 16.2. The van der Waals surface area contributed by atoms with Crippen LogP contribution in [-0.2, 0) is 27.9 Å². The number of ether oxygens (including phenoxy) is 2. The molecule has 1 saturated carbocycles. The summed E-state index contributed by atoms with van der Waals surface area (Å²) in [4.78, 5) is 23.1. The van der Waals surface area contributed by atoms with Crippen molar-refractivity contribution in [3.8, 4) is 0 Å². The largest absolute Gasteiger partial charge is 0.472 e. The topological polar surface area (TPSA) is 192 Å². The number of carbonyl (C=O) groups is 1. The molecule has 330 valence electrons. The van der Waals surface area contributed by atoms with Crippen LogP contribution in [0.25, 0.3) is 0 Å². The van der Waals surface area contributed by atoms with Crippen LogP contribution in [0.15, 0.2) is 60.8 Å². The van der Waals surface area contributed by atoms with Gasteiger partial charge in [-0.05, 0) is 77.0 Å². The van der Waals surface area contributed by atoms with Gasteiger partial charge in [-0.15, -0.1) is 0 Å². The lowest BCUT2D eigenvalue weighted by Crippen LogP contribution is -2.64. The average Bonchev–Trinajstić information content (AvgIpc) is 3.19. The van der Waals surface area contributed by atoms with Crippen LogP contribution in [0.5, 0.6) is 0 Å². The van der Waals surface area contributed by atoms with E-state index in [1.54, 1.807) is 0 Å². The van der Waals surface area contributed by atoms with E-state index in [1.165, 1.54) is 32.1 Å². The molecule has 0 aromatic heterocycles. The van der Waals surface area contributed by atoms with Crippen molar-refractivity contribution < 1.29 is 58.3 Å². The highest BCUT2D eigenvalue weighted by Crippen LogP contribution is 2.47.